The Balaban J connectivity index is 0. The van der Waals surface area contributed by atoms with Crippen LogP contribution in [0, 0.1) is 0 Å². The molecule has 0 aliphatic rings. The maximum absolute atomic E-state index is 10.4. The first-order valence-corrected chi connectivity index (χ1v) is 5.83. The second-order valence-electron chi connectivity index (χ2n) is 2.54. The van der Waals surface area contributed by atoms with Crippen molar-refractivity contribution in [1.29, 1.82) is 0 Å². The molecule has 0 aromatic carbocycles. The molecule has 0 aliphatic carbocycles. The number of unbranched alkanes of at least 4 members (excludes halogenated alkanes) is 1. The van der Waals surface area contributed by atoms with Gasteiger partial charge in [-0.25, -0.2) is 13.1 Å². The van der Waals surface area contributed by atoms with Gasteiger partial charge in [-0.15, -0.1) is 0 Å². The molecule has 13 heavy (non-hydrogen) atoms. The number of hydrogen-bond acceptors (Lipinski definition) is 3. The van der Waals surface area contributed by atoms with Gasteiger partial charge in [-0.2, -0.15) is 0 Å². The highest BCUT2D eigenvalue weighted by Gasteiger charge is 1.96. The molecule has 0 heterocycles. The van der Waals surface area contributed by atoms with E-state index in [9.17, 15) is 8.42 Å². The molecular weight excluding hydrogens is 194 g/mol. The highest BCUT2D eigenvalue weighted by molar-refractivity contribution is 7.88. The SMILES string of the molecule is CC(=O)O.CCCCNS(C)(=O)=O. The maximum atomic E-state index is 10.4. The molecule has 0 rings (SSSR count). The summed E-state index contributed by atoms with van der Waals surface area (Å²) in [5.74, 6) is -0.833. The third kappa shape index (κ3) is 34.6. The third-order valence-electron chi connectivity index (χ3n) is 0.895. The van der Waals surface area contributed by atoms with Crippen molar-refractivity contribution in [2.45, 2.75) is 26.7 Å². The first kappa shape index (κ1) is 14.9. The van der Waals surface area contributed by atoms with E-state index in [0.717, 1.165) is 19.8 Å². The average Bonchev–Trinajstić information content (AvgIpc) is 1.83. The lowest BCUT2D eigenvalue weighted by molar-refractivity contribution is -0.134. The average molecular weight is 211 g/mol. The number of aliphatic carboxylic acids is 1. The van der Waals surface area contributed by atoms with Crippen molar-refractivity contribution in [3.05, 3.63) is 0 Å². The van der Waals surface area contributed by atoms with E-state index in [2.05, 4.69) is 4.72 Å². The highest BCUT2D eigenvalue weighted by Crippen LogP contribution is 1.83. The van der Waals surface area contributed by atoms with Crippen LogP contribution in [0.4, 0.5) is 0 Å². The number of carboxylic acids is 1. The molecule has 0 saturated heterocycles. The van der Waals surface area contributed by atoms with Crippen molar-refractivity contribution in [2.24, 2.45) is 0 Å². The fourth-order valence-corrected chi connectivity index (χ4v) is 0.949. The third-order valence-corrected chi connectivity index (χ3v) is 1.62. The first-order chi connectivity index (χ1) is 5.79. The molecule has 0 atom stereocenters. The largest absolute Gasteiger partial charge is 0.481 e. The number of sulfonamides is 1. The van der Waals surface area contributed by atoms with Gasteiger partial charge in [-0.05, 0) is 6.42 Å². The topological polar surface area (TPSA) is 83.5 Å². The van der Waals surface area contributed by atoms with E-state index in [0.29, 0.717) is 6.54 Å². The Morgan fingerprint density at radius 2 is 1.85 bits per heavy atom. The summed E-state index contributed by atoms with van der Waals surface area (Å²) in [6.45, 7) is 3.67. The summed E-state index contributed by atoms with van der Waals surface area (Å²) in [7, 11) is -2.95. The summed E-state index contributed by atoms with van der Waals surface area (Å²) in [4.78, 5) is 9.00. The van der Waals surface area contributed by atoms with E-state index >= 15 is 0 Å². The summed E-state index contributed by atoms with van der Waals surface area (Å²) >= 11 is 0. The number of carbonyl (C=O) groups is 1. The second kappa shape index (κ2) is 8.00. The monoisotopic (exact) mass is 211 g/mol. The van der Waals surface area contributed by atoms with Gasteiger partial charge < -0.3 is 5.11 Å². The van der Waals surface area contributed by atoms with Gasteiger partial charge >= 0.3 is 0 Å². The van der Waals surface area contributed by atoms with Crippen molar-refractivity contribution in [3.8, 4) is 0 Å². The molecule has 0 amide bonds. The number of carboxylic acid groups (broad SMARTS) is 1. The summed E-state index contributed by atoms with van der Waals surface area (Å²) in [5, 5.41) is 7.42. The minimum Gasteiger partial charge on any atom is -0.481 e. The Hall–Kier alpha value is -0.620. The fraction of sp³-hybridized carbons (Fsp3) is 0.857. The summed E-state index contributed by atoms with van der Waals surface area (Å²) in [5.41, 5.74) is 0. The first-order valence-electron chi connectivity index (χ1n) is 3.93. The molecule has 6 heteroatoms. The van der Waals surface area contributed by atoms with Crippen LogP contribution < -0.4 is 4.72 Å². The Kier molecular flexibility index (Phi) is 9.16. The molecule has 0 aromatic heterocycles. The Bertz CT molecular complexity index is 219. The quantitative estimate of drug-likeness (QED) is 0.660. The van der Waals surface area contributed by atoms with E-state index in [-0.39, 0.29) is 0 Å². The molecule has 80 valence electrons. The molecule has 0 unspecified atom stereocenters. The van der Waals surface area contributed by atoms with E-state index in [4.69, 9.17) is 9.90 Å². The second-order valence-corrected chi connectivity index (χ2v) is 4.37. The predicted octanol–water partition coefficient (Wildman–Crippen LogP) is 0.427. The molecule has 0 saturated carbocycles. The maximum Gasteiger partial charge on any atom is 0.300 e. The lowest BCUT2D eigenvalue weighted by atomic mass is 10.3. The molecular formula is C7H17NO4S. The van der Waals surface area contributed by atoms with Gasteiger partial charge in [0.25, 0.3) is 5.97 Å². The zero-order valence-electron chi connectivity index (χ0n) is 8.20. The normalized spacial score (nSPS) is 10.1. The van der Waals surface area contributed by atoms with Gasteiger partial charge in [0.15, 0.2) is 0 Å². The van der Waals surface area contributed by atoms with Gasteiger partial charge in [0.2, 0.25) is 10.0 Å². The van der Waals surface area contributed by atoms with Crippen LogP contribution in [-0.2, 0) is 14.8 Å². The molecule has 0 aliphatic heterocycles. The van der Waals surface area contributed by atoms with E-state index < -0.39 is 16.0 Å². The van der Waals surface area contributed by atoms with Crippen LogP contribution in [0.25, 0.3) is 0 Å². The van der Waals surface area contributed by atoms with Crippen molar-refractivity contribution in [2.75, 3.05) is 12.8 Å². The minimum atomic E-state index is -2.95. The zero-order valence-corrected chi connectivity index (χ0v) is 9.02. The molecule has 0 fully saturated rings. The molecule has 0 bridgehead atoms. The van der Waals surface area contributed by atoms with Crippen molar-refractivity contribution in [3.63, 3.8) is 0 Å². The number of hydrogen-bond donors (Lipinski definition) is 2. The van der Waals surface area contributed by atoms with Gasteiger partial charge in [-0.1, -0.05) is 13.3 Å². The van der Waals surface area contributed by atoms with Gasteiger partial charge in [0.1, 0.15) is 0 Å². The number of nitrogens with one attached hydrogen (secondary N) is 1. The summed E-state index contributed by atoms with van der Waals surface area (Å²) < 4.78 is 23.2. The van der Waals surface area contributed by atoms with Crippen molar-refractivity contribution < 1.29 is 18.3 Å². The summed E-state index contributed by atoms with van der Waals surface area (Å²) in [6.07, 6.45) is 3.10. The lowest BCUT2D eigenvalue weighted by Gasteiger charge is -1.97. The molecule has 0 radical (unpaired) electrons. The fourth-order valence-electron chi connectivity index (χ4n) is 0.434. The molecule has 0 spiro atoms. The predicted molar refractivity (Wildman–Crippen MR) is 51.1 cm³/mol. The Morgan fingerprint density at radius 1 is 1.46 bits per heavy atom. The van der Waals surface area contributed by atoms with Gasteiger partial charge in [-0.3, -0.25) is 4.79 Å². The minimum absolute atomic E-state index is 0.565. The van der Waals surface area contributed by atoms with Crippen LogP contribution in [0.3, 0.4) is 0 Å². The molecule has 5 nitrogen and oxygen atoms in total. The summed E-state index contributed by atoms with van der Waals surface area (Å²) in [6, 6.07) is 0. The van der Waals surface area contributed by atoms with Crippen LogP contribution in [0.2, 0.25) is 0 Å². The molecule has 0 aromatic rings. The van der Waals surface area contributed by atoms with Gasteiger partial charge in [0.05, 0.1) is 6.26 Å². The highest BCUT2D eigenvalue weighted by atomic mass is 32.2. The number of rotatable bonds is 4. The van der Waals surface area contributed by atoms with Crippen LogP contribution >= 0.6 is 0 Å². The van der Waals surface area contributed by atoms with E-state index in [1.807, 2.05) is 6.92 Å². The Labute approximate surface area is 79.2 Å². The van der Waals surface area contributed by atoms with Crippen LogP contribution in [0.15, 0.2) is 0 Å². The lowest BCUT2D eigenvalue weighted by Crippen LogP contribution is -2.22. The van der Waals surface area contributed by atoms with Crippen molar-refractivity contribution >= 4 is 16.0 Å². The van der Waals surface area contributed by atoms with Crippen LogP contribution in [-0.4, -0.2) is 32.3 Å². The van der Waals surface area contributed by atoms with E-state index in [1.54, 1.807) is 0 Å². The smallest absolute Gasteiger partial charge is 0.300 e. The molecule has 2 N–H and O–H groups in total. The van der Waals surface area contributed by atoms with Crippen LogP contribution in [0.5, 0.6) is 0 Å². The van der Waals surface area contributed by atoms with Gasteiger partial charge in [0, 0.05) is 13.5 Å². The van der Waals surface area contributed by atoms with E-state index in [1.165, 1.54) is 6.26 Å². The van der Waals surface area contributed by atoms with Crippen molar-refractivity contribution in [1.82, 2.24) is 4.72 Å². The zero-order chi connectivity index (χ0) is 10.9. The Morgan fingerprint density at radius 3 is 2.08 bits per heavy atom. The van der Waals surface area contributed by atoms with Crippen LogP contribution in [0.1, 0.15) is 26.7 Å². The standard InChI is InChI=1S/C5H13NO2S.C2H4O2/c1-3-4-5-6-9(2,7)8;1-2(3)4/h6H,3-5H2,1-2H3;1H3,(H,3,4).